The van der Waals surface area contributed by atoms with Crippen LogP contribution in [-0.2, 0) is 6.54 Å². The highest BCUT2D eigenvalue weighted by Gasteiger charge is 2.23. The van der Waals surface area contributed by atoms with Crippen LogP contribution in [0.3, 0.4) is 0 Å². The Morgan fingerprint density at radius 2 is 1.92 bits per heavy atom. The molecule has 1 fully saturated rings. The van der Waals surface area contributed by atoms with E-state index < -0.39 is 0 Å². The molecular weight excluding hydrogens is 316 g/mol. The number of furan rings is 1. The maximum Gasteiger partial charge on any atom is 0.283 e. The molecule has 0 radical (unpaired) electrons. The van der Waals surface area contributed by atoms with Gasteiger partial charge in [-0.15, -0.1) is 10.2 Å². The molecule has 0 saturated carbocycles. The Morgan fingerprint density at radius 1 is 1.08 bits per heavy atom. The van der Waals surface area contributed by atoms with Gasteiger partial charge in [0, 0.05) is 5.69 Å². The molecule has 3 aromatic rings. The second-order valence-corrected chi connectivity index (χ2v) is 6.61. The van der Waals surface area contributed by atoms with Gasteiger partial charge in [-0.3, -0.25) is 0 Å². The van der Waals surface area contributed by atoms with E-state index in [9.17, 15) is 0 Å². The van der Waals surface area contributed by atoms with E-state index in [0.29, 0.717) is 17.5 Å². The first-order chi connectivity index (χ1) is 12.2. The van der Waals surface area contributed by atoms with Crippen LogP contribution < -0.4 is 9.80 Å². The molecule has 1 saturated heterocycles. The topological polar surface area (TPSA) is 59.7 Å². The first-order valence-corrected chi connectivity index (χ1v) is 8.71. The van der Waals surface area contributed by atoms with Crippen LogP contribution in [0.15, 0.2) is 45.4 Å². The molecule has 6 heteroatoms. The number of aromatic nitrogens is 2. The number of rotatable bonds is 4. The van der Waals surface area contributed by atoms with Crippen molar-refractivity contribution in [3.8, 4) is 11.7 Å². The Bertz CT molecular complexity index is 833. The molecule has 25 heavy (non-hydrogen) atoms. The molecule has 3 heterocycles. The number of hydrogen-bond donors (Lipinski definition) is 1. The van der Waals surface area contributed by atoms with Gasteiger partial charge >= 0.3 is 0 Å². The number of aryl methyl sites for hydroxylation is 1. The number of benzene rings is 1. The van der Waals surface area contributed by atoms with E-state index in [1.807, 2.05) is 12.1 Å². The Balaban J connectivity index is 1.37. The van der Waals surface area contributed by atoms with Crippen LogP contribution in [0.25, 0.3) is 11.7 Å². The molecule has 0 aliphatic carbocycles. The van der Waals surface area contributed by atoms with Crippen LogP contribution in [0.4, 0.5) is 5.69 Å². The van der Waals surface area contributed by atoms with Crippen molar-refractivity contribution in [2.75, 3.05) is 31.1 Å². The van der Waals surface area contributed by atoms with E-state index >= 15 is 0 Å². The summed E-state index contributed by atoms with van der Waals surface area (Å²) in [5.74, 6) is 1.74. The molecule has 1 N–H and O–H groups in total. The lowest BCUT2D eigenvalue weighted by Gasteiger charge is -2.34. The summed E-state index contributed by atoms with van der Waals surface area (Å²) in [7, 11) is 0. The minimum atomic E-state index is 0.452. The number of quaternary nitrogens is 1. The van der Waals surface area contributed by atoms with Gasteiger partial charge in [0.05, 0.1) is 32.4 Å². The zero-order chi connectivity index (χ0) is 17.2. The third kappa shape index (κ3) is 3.30. The fraction of sp³-hybridized carbons (Fsp3) is 0.368. The molecule has 1 aliphatic rings. The summed E-state index contributed by atoms with van der Waals surface area (Å²) in [6.45, 7) is 9.34. The van der Waals surface area contributed by atoms with Crippen LogP contribution in [-0.4, -0.2) is 36.4 Å². The van der Waals surface area contributed by atoms with Gasteiger partial charge in [-0.05, 0) is 43.2 Å². The first-order valence-electron chi connectivity index (χ1n) is 8.71. The molecule has 0 unspecified atom stereocenters. The van der Waals surface area contributed by atoms with Crippen molar-refractivity contribution in [1.82, 2.24) is 10.2 Å². The third-order valence-electron chi connectivity index (χ3n) is 4.99. The van der Waals surface area contributed by atoms with Gasteiger partial charge in [-0.25, -0.2) is 0 Å². The van der Waals surface area contributed by atoms with Crippen LogP contribution in [0, 0.1) is 13.8 Å². The monoisotopic (exact) mass is 339 g/mol. The van der Waals surface area contributed by atoms with Crippen molar-refractivity contribution in [1.29, 1.82) is 0 Å². The largest absolute Gasteiger partial charge is 0.459 e. The summed E-state index contributed by atoms with van der Waals surface area (Å²) in [5, 5.41) is 8.23. The Morgan fingerprint density at radius 3 is 2.68 bits per heavy atom. The summed E-state index contributed by atoms with van der Waals surface area (Å²) in [6, 6.07) is 10.2. The molecular formula is C19H23N4O2+. The normalized spacial score (nSPS) is 15.7. The van der Waals surface area contributed by atoms with E-state index in [0.717, 1.165) is 32.7 Å². The molecule has 4 rings (SSSR count). The highest BCUT2D eigenvalue weighted by molar-refractivity contribution is 5.56. The number of hydrogen-bond acceptors (Lipinski definition) is 5. The average molecular weight is 339 g/mol. The van der Waals surface area contributed by atoms with Gasteiger partial charge in [-0.2, -0.15) is 0 Å². The van der Waals surface area contributed by atoms with Crippen LogP contribution >= 0.6 is 0 Å². The van der Waals surface area contributed by atoms with Crippen LogP contribution in [0.2, 0.25) is 0 Å². The first kappa shape index (κ1) is 15.9. The summed E-state index contributed by atoms with van der Waals surface area (Å²) < 4.78 is 11.0. The van der Waals surface area contributed by atoms with Gasteiger partial charge in [-0.1, -0.05) is 12.1 Å². The molecule has 0 spiro atoms. The van der Waals surface area contributed by atoms with Crippen molar-refractivity contribution in [3.05, 3.63) is 53.6 Å². The predicted octanol–water partition coefficient (Wildman–Crippen LogP) is 1.85. The molecule has 130 valence electrons. The maximum atomic E-state index is 5.73. The van der Waals surface area contributed by atoms with E-state index in [1.165, 1.54) is 21.7 Å². The molecule has 0 atom stereocenters. The Labute approximate surface area is 147 Å². The molecule has 2 aromatic heterocycles. The summed E-state index contributed by atoms with van der Waals surface area (Å²) in [4.78, 5) is 3.95. The molecule has 0 amide bonds. The average Bonchev–Trinajstić information content (AvgIpc) is 3.30. The lowest BCUT2D eigenvalue weighted by Crippen LogP contribution is -3.13. The van der Waals surface area contributed by atoms with E-state index in [2.05, 4.69) is 47.1 Å². The second-order valence-electron chi connectivity index (χ2n) is 6.61. The highest BCUT2D eigenvalue weighted by atomic mass is 16.4. The summed E-state index contributed by atoms with van der Waals surface area (Å²) in [5.41, 5.74) is 4.09. The smallest absolute Gasteiger partial charge is 0.283 e. The zero-order valence-electron chi connectivity index (χ0n) is 14.7. The quantitative estimate of drug-likeness (QED) is 0.786. The van der Waals surface area contributed by atoms with Crippen LogP contribution in [0.1, 0.15) is 17.0 Å². The molecule has 1 aromatic carbocycles. The van der Waals surface area contributed by atoms with Gasteiger partial charge in [0.1, 0.15) is 0 Å². The highest BCUT2D eigenvalue weighted by Crippen LogP contribution is 2.22. The molecule has 6 nitrogen and oxygen atoms in total. The lowest BCUT2D eigenvalue weighted by molar-refractivity contribution is -0.915. The SMILES string of the molecule is Cc1cccc(N2CC[NH+](Cc3nnc(-c4ccco4)o3)CC2)c1C. The van der Waals surface area contributed by atoms with Crippen molar-refractivity contribution in [2.24, 2.45) is 0 Å². The van der Waals surface area contributed by atoms with Crippen LogP contribution in [0.5, 0.6) is 0 Å². The van der Waals surface area contributed by atoms with Crippen molar-refractivity contribution in [2.45, 2.75) is 20.4 Å². The lowest BCUT2D eigenvalue weighted by atomic mass is 10.1. The predicted molar refractivity (Wildman–Crippen MR) is 94.5 cm³/mol. The number of piperazine rings is 1. The third-order valence-corrected chi connectivity index (χ3v) is 4.99. The number of nitrogens with one attached hydrogen (secondary N) is 1. The fourth-order valence-corrected chi connectivity index (χ4v) is 3.36. The summed E-state index contributed by atoms with van der Waals surface area (Å²) >= 11 is 0. The van der Waals surface area contributed by atoms with E-state index in [4.69, 9.17) is 8.83 Å². The fourth-order valence-electron chi connectivity index (χ4n) is 3.36. The van der Waals surface area contributed by atoms with Crippen molar-refractivity contribution in [3.63, 3.8) is 0 Å². The maximum absolute atomic E-state index is 5.73. The molecule has 0 bridgehead atoms. The number of anilines is 1. The van der Waals surface area contributed by atoms with Crippen molar-refractivity contribution >= 4 is 5.69 Å². The second kappa shape index (κ2) is 6.72. The van der Waals surface area contributed by atoms with Crippen molar-refractivity contribution < 1.29 is 13.7 Å². The zero-order valence-corrected chi connectivity index (χ0v) is 14.7. The number of nitrogens with zero attached hydrogens (tertiary/aromatic N) is 3. The van der Waals surface area contributed by atoms with E-state index in [-0.39, 0.29) is 0 Å². The Hall–Kier alpha value is -2.60. The standard InChI is InChI=1S/C19H22N4O2/c1-14-5-3-6-16(15(14)2)23-10-8-22(9-11-23)13-18-20-21-19(25-18)17-7-4-12-24-17/h3-7,12H,8-11,13H2,1-2H3/p+1. The minimum absolute atomic E-state index is 0.452. The van der Waals surface area contributed by atoms with Gasteiger partial charge < -0.3 is 18.6 Å². The molecule has 1 aliphatic heterocycles. The minimum Gasteiger partial charge on any atom is -0.459 e. The van der Waals surface area contributed by atoms with Gasteiger partial charge in [0.2, 0.25) is 0 Å². The van der Waals surface area contributed by atoms with Gasteiger partial charge in [0.15, 0.2) is 12.3 Å². The Kier molecular flexibility index (Phi) is 4.28. The van der Waals surface area contributed by atoms with E-state index in [1.54, 1.807) is 6.26 Å². The van der Waals surface area contributed by atoms with Gasteiger partial charge in [0.25, 0.3) is 11.8 Å². The summed E-state index contributed by atoms with van der Waals surface area (Å²) in [6.07, 6.45) is 1.61.